The van der Waals surface area contributed by atoms with Crippen molar-refractivity contribution in [1.82, 2.24) is 9.55 Å². The van der Waals surface area contributed by atoms with Crippen molar-refractivity contribution in [3.63, 3.8) is 0 Å². The quantitative estimate of drug-likeness (QED) is 0.819. The van der Waals surface area contributed by atoms with Crippen LogP contribution in [-0.4, -0.2) is 9.55 Å². The molecule has 0 bridgehead atoms. The zero-order valence-corrected chi connectivity index (χ0v) is 11.8. The minimum Gasteiger partial charge on any atom is -0.292 e. The summed E-state index contributed by atoms with van der Waals surface area (Å²) in [6, 6.07) is 7.59. The Morgan fingerprint density at radius 2 is 2.24 bits per heavy atom. The molecule has 3 rings (SSSR count). The molecule has 0 atom stereocenters. The standard InChI is InChI=1S/C15H11ClFN3O/c16-12-6-13(21)20(15(19-12)9-4-5-9)8-11-3-1-2-10(7-18)14(11)17/h1-3,6,9H,4-5,8H2. The summed E-state index contributed by atoms with van der Waals surface area (Å²) in [5, 5.41) is 9.02. The Kier molecular flexibility index (Phi) is 3.48. The Morgan fingerprint density at radius 1 is 1.48 bits per heavy atom. The SMILES string of the molecule is N#Cc1cccc(Cn2c(C3CC3)nc(Cl)cc2=O)c1F. The van der Waals surface area contributed by atoms with E-state index < -0.39 is 5.82 Å². The largest absolute Gasteiger partial charge is 0.292 e. The predicted molar refractivity (Wildman–Crippen MR) is 75.7 cm³/mol. The smallest absolute Gasteiger partial charge is 0.255 e. The van der Waals surface area contributed by atoms with E-state index in [-0.39, 0.29) is 28.7 Å². The highest BCUT2D eigenvalue weighted by Gasteiger charge is 2.29. The van der Waals surface area contributed by atoms with Gasteiger partial charge in [0, 0.05) is 17.5 Å². The maximum Gasteiger partial charge on any atom is 0.255 e. The fourth-order valence-corrected chi connectivity index (χ4v) is 2.45. The number of rotatable bonds is 3. The number of nitrogens with zero attached hydrogens (tertiary/aromatic N) is 3. The van der Waals surface area contributed by atoms with Crippen molar-refractivity contribution in [2.24, 2.45) is 0 Å². The van der Waals surface area contributed by atoms with Gasteiger partial charge in [-0.25, -0.2) is 9.37 Å². The molecule has 4 nitrogen and oxygen atoms in total. The lowest BCUT2D eigenvalue weighted by Gasteiger charge is -2.12. The maximum absolute atomic E-state index is 14.1. The molecule has 0 radical (unpaired) electrons. The molecule has 0 N–H and O–H groups in total. The van der Waals surface area contributed by atoms with E-state index in [2.05, 4.69) is 4.98 Å². The molecule has 0 spiro atoms. The third-order valence-corrected chi connectivity index (χ3v) is 3.67. The van der Waals surface area contributed by atoms with Gasteiger partial charge in [-0.15, -0.1) is 0 Å². The molecule has 1 aliphatic rings. The lowest BCUT2D eigenvalue weighted by atomic mass is 10.1. The summed E-state index contributed by atoms with van der Waals surface area (Å²) in [5.41, 5.74) is -0.0451. The van der Waals surface area contributed by atoms with Crippen LogP contribution >= 0.6 is 11.6 Å². The van der Waals surface area contributed by atoms with Crippen molar-refractivity contribution in [1.29, 1.82) is 5.26 Å². The highest BCUT2D eigenvalue weighted by atomic mass is 35.5. The molecule has 1 saturated carbocycles. The van der Waals surface area contributed by atoms with Gasteiger partial charge in [0.1, 0.15) is 22.9 Å². The summed E-state index contributed by atoms with van der Waals surface area (Å²) in [7, 11) is 0. The van der Waals surface area contributed by atoms with Crippen LogP contribution in [0.15, 0.2) is 29.1 Å². The van der Waals surface area contributed by atoms with Crippen LogP contribution in [0.25, 0.3) is 0 Å². The second kappa shape index (κ2) is 5.30. The number of hydrogen-bond acceptors (Lipinski definition) is 3. The highest BCUT2D eigenvalue weighted by molar-refractivity contribution is 6.29. The van der Waals surface area contributed by atoms with Crippen LogP contribution in [0.3, 0.4) is 0 Å². The van der Waals surface area contributed by atoms with E-state index >= 15 is 0 Å². The third kappa shape index (κ3) is 2.67. The number of halogens is 2. The first kappa shape index (κ1) is 13.8. The third-order valence-electron chi connectivity index (χ3n) is 3.48. The van der Waals surface area contributed by atoms with Crippen LogP contribution in [0.1, 0.15) is 35.7 Å². The number of hydrogen-bond donors (Lipinski definition) is 0. The number of nitriles is 1. The molecule has 1 aromatic carbocycles. The first-order valence-corrected chi connectivity index (χ1v) is 6.92. The number of aromatic nitrogens is 2. The molecule has 0 unspecified atom stereocenters. The molecule has 2 aromatic rings. The fourth-order valence-electron chi connectivity index (χ4n) is 2.27. The molecule has 0 saturated heterocycles. The molecule has 0 aliphatic heterocycles. The molecule has 6 heteroatoms. The average molecular weight is 304 g/mol. The van der Waals surface area contributed by atoms with Crippen molar-refractivity contribution in [2.75, 3.05) is 0 Å². The summed E-state index contributed by atoms with van der Waals surface area (Å²) in [6.45, 7) is 0.0518. The Hall–Kier alpha value is -2.19. The van der Waals surface area contributed by atoms with Gasteiger partial charge in [-0.2, -0.15) is 5.26 Å². The molecule has 106 valence electrons. The highest BCUT2D eigenvalue weighted by Crippen LogP contribution is 2.39. The van der Waals surface area contributed by atoms with Gasteiger partial charge in [0.15, 0.2) is 0 Å². The topological polar surface area (TPSA) is 58.7 Å². The molecular weight excluding hydrogens is 293 g/mol. The van der Waals surface area contributed by atoms with Crippen molar-refractivity contribution >= 4 is 11.6 Å². The molecule has 21 heavy (non-hydrogen) atoms. The van der Waals surface area contributed by atoms with Crippen LogP contribution < -0.4 is 5.56 Å². The van der Waals surface area contributed by atoms with Crippen LogP contribution in [-0.2, 0) is 6.54 Å². The van der Waals surface area contributed by atoms with Crippen LogP contribution in [0.4, 0.5) is 4.39 Å². The van der Waals surface area contributed by atoms with E-state index in [1.54, 1.807) is 18.2 Å². The normalized spacial score (nSPS) is 14.0. The van der Waals surface area contributed by atoms with Gasteiger partial charge in [-0.3, -0.25) is 9.36 Å². The molecule has 1 aliphatic carbocycles. The first-order chi connectivity index (χ1) is 10.1. The van der Waals surface area contributed by atoms with Crippen molar-refractivity contribution in [2.45, 2.75) is 25.3 Å². The van der Waals surface area contributed by atoms with E-state index in [4.69, 9.17) is 16.9 Å². The van der Waals surface area contributed by atoms with Crippen molar-refractivity contribution in [3.05, 3.63) is 62.5 Å². The van der Waals surface area contributed by atoms with Gasteiger partial charge >= 0.3 is 0 Å². The summed E-state index contributed by atoms with van der Waals surface area (Å²) in [6.07, 6.45) is 1.90. The lowest BCUT2D eigenvalue weighted by Crippen LogP contribution is -2.25. The second-order valence-electron chi connectivity index (χ2n) is 5.03. The Labute approximate surface area is 125 Å². The average Bonchev–Trinajstić information content (AvgIpc) is 3.27. The van der Waals surface area contributed by atoms with Crippen molar-refractivity contribution in [3.8, 4) is 6.07 Å². The minimum absolute atomic E-state index is 0.0320. The van der Waals surface area contributed by atoms with Crippen LogP contribution in [0.2, 0.25) is 5.15 Å². The monoisotopic (exact) mass is 303 g/mol. The van der Waals surface area contributed by atoms with Crippen LogP contribution in [0, 0.1) is 17.1 Å². The predicted octanol–water partition coefficient (Wildman–Crippen LogP) is 2.83. The van der Waals surface area contributed by atoms with E-state index in [9.17, 15) is 9.18 Å². The summed E-state index contributed by atoms with van der Waals surface area (Å²) >= 11 is 5.83. The van der Waals surface area contributed by atoms with Crippen molar-refractivity contribution < 1.29 is 4.39 Å². The van der Waals surface area contributed by atoms with Gasteiger partial charge in [0.2, 0.25) is 0 Å². The summed E-state index contributed by atoms with van der Waals surface area (Å²) in [4.78, 5) is 16.3. The van der Waals surface area contributed by atoms with Gasteiger partial charge in [0.05, 0.1) is 12.1 Å². The Balaban J connectivity index is 2.07. The fraction of sp³-hybridized carbons (Fsp3) is 0.267. The molecule has 1 aromatic heterocycles. The van der Waals surface area contributed by atoms with E-state index in [1.807, 2.05) is 0 Å². The first-order valence-electron chi connectivity index (χ1n) is 6.55. The summed E-state index contributed by atoms with van der Waals surface area (Å²) in [5.74, 6) is 0.205. The van der Waals surface area contributed by atoms with E-state index in [1.165, 1.54) is 16.7 Å². The zero-order chi connectivity index (χ0) is 15.0. The van der Waals surface area contributed by atoms with Crippen LogP contribution in [0.5, 0.6) is 0 Å². The van der Waals surface area contributed by atoms with Gasteiger partial charge in [-0.05, 0) is 18.9 Å². The van der Waals surface area contributed by atoms with Gasteiger partial charge in [0.25, 0.3) is 5.56 Å². The molecular formula is C15H11ClFN3O. The van der Waals surface area contributed by atoms with Gasteiger partial charge in [-0.1, -0.05) is 23.7 Å². The number of benzene rings is 1. The Bertz CT molecular complexity index is 806. The molecule has 1 fully saturated rings. The molecule has 1 heterocycles. The van der Waals surface area contributed by atoms with E-state index in [0.717, 1.165) is 12.8 Å². The second-order valence-corrected chi connectivity index (χ2v) is 5.41. The minimum atomic E-state index is -0.594. The summed E-state index contributed by atoms with van der Waals surface area (Å²) < 4.78 is 15.6. The Morgan fingerprint density at radius 3 is 2.90 bits per heavy atom. The van der Waals surface area contributed by atoms with Gasteiger partial charge < -0.3 is 0 Å². The maximum atomic E-state index is 14.1. The molecule has 0 amide bonds. The van der Waals surface area contributed by atoms with E-state index in [0.29, 0.717) is 11.4 Å². The zero-order valence-electron chi connectivity index (χ0n) is 11.0. The lowest BCUT2D eigenvalue weighted by molar-refractivity contribution is 0.582.